The van der Waals surface area contributed by atoms with Gasteiger partial charge in [0.05, 0.1) is 17.6 Å². The summed E-state index contributed by atoms with van der Waals surface area (Å²) < 4.78 is 96.3. The lowest BCUT2D eigenvalue weighted by atomic mass is 9.91. The second-order valence-corrected chi connectivity index (χ2v) is 13.0. The number of aromatic hydroxyl groups is 1. The van der Waals surface area contributed by atoms with Gasteiger partial charge in [0.2, 0.25) is 0 Å². The molecule has 3 aliphatic heterocycles. The summed E-state index contributed by atoms with van der Waals surface area (Å²) >= 11 is 0. The van der Waals surface area contributed by atoms with Crippen LogP contribution in [-0.2, 0) is 6.42 Å². The van der Waals surface area contributed by atoms with Crippen LogP contribution in [-0.4, -0.2) is 81.6 Å². The number of piperidine rings is 1. The van der Waals surface area contributed by atoms with Crippen LogP contribution >= 0.6 is 0 Å². The smallest absolute Gasteiger partial charge is 0.319 e. The van der Waals surface area contributed by atoms with E-state index in [0.717, 1.165) is 18.6 Å². The first-order valence-corrected chi connectivity index (χ1v) is 15.8. The monoisotopic (exact) mass is 660 g/mol. The molecule has 3 aromatic carbocycles. The van der Waals surface area contributed by atoms with Crippen LogP contribution < -0.4 is 9.64 Å². The van der Waals surface area contributed by atoms with Crippen molar-refractivity contribution in [2.75, 3.05) is 37.7 Å². The number of nitrogens with zero attached hydrogens (tertiary/aromatic N) is 4. The first kappa shape index (κ1) is 31.7. The number of aryl methyl sites for hydroxylation is 1. The van der Waals surface area contributed by atoms with Gasteiger partial charge in [-0.1, -0.05) is 13.0 Å². The Kier molecular flexibility index (Phi) is 7.90. The minimum Gasteiger partial charge on any atom is -0.508 e. The van der Waals surface area contributed by atoms with E-state index in [1.165, 1.54) is 23.1 Å². The van der Waals surface area contributed by atoms with Crippen LogP contribution in [0.2, 0.25) is 0 Å². The summed E-state index contributed by atoms with van der Waals surface area (Å²) in [6.07, 6.45) is -2.18. The molecule has 7 rings (SSSR count). The summed E-state index contributed by atoms with van der Waals surface area (Å²) in [5.41, 5.74) is -3.85. The summed E-state index contributed by atoms with van der Waals surface area (Å²) in [7, 11) is 0. The quantitative estimate of drug-likeness (QED) is 0.214. The Labute approximate surface area is 266 Å². The van der Waals surface area contributed by atoms with Gasteiger partial charge in [0.1, 0.15) is 47.1 Å². The molecule has 0 saturated carbocycles. The number of phenolic OH excluding ortho intramolecular Hbond substituents is 1. The van der Waals surface area contributed by atoms with Gasteiger partial charge in [-0.2, -0.15) is 9.97 Å². The fourth-order valence-corrected chi connectivity index (χ4v) is 7.83. The molecule has 3 aliphatic rings. The number of phenols is 1. The third kappa shape index (κ3) is 5.31. The van der Waals surface area contributed by atoms with Gasteiger partial charge in [-0.25, -0.2) is 26.3 Å². The van der Waals surface area contributed by atoms with Crippen molar-refractivity contribution >= 4 is 27.5 Å². The lowest BCUT2D eigenvalue weighted by Gasteiger charge is -2.39. The van der Waals surface area contributed by atoms with Gasteiger partial charge in [0.25, 0.3) is 6.43 Å². The lowest BCUT2D eigenvalue weighted by Crippen LogP contribution is -2.53. The molecular weight excluding hydrogens is 626 g/mol. The maximum absolute atomic E-state index is 16.8. The van der Waals surface area contributed by atoms with Crippen molar-refractivity contribution < 1.29 is 41.3 Å². The fraction of sp³-hybridized carbons (Fsp3) is 0.471. The molecule has 0 amide bonds. The van der Waals surface area contributed by atoms with Crippen molar-refractivity contribution in [1.29, 1.82) is 0 Å². The van der Waals surface area contributed by atoms with E-state index in [2.05, 4.69) is 9.97 Å². The van der Waals surface area contributed by atoms with Gasteiger partial charge < -0.3 is 19.8 Å². The van der Waals surface area contributed by atoms with Crippen molar-refractivity contribution in [3.05, 3.63) is 53.3 Å². The maximum atomic E-state index is 16.8. The molecule has 3 fully saturated rings. The molecule has 1 unspecified atom stereocenters. The summed E-state index contributed by atoms with van der Waals surface area (Å²) in [4.78, 5) is 12.1. The maximum Gasteiger partial charge on any atom is 0.319 e. The molecule has 3 atom stereocenters. The average Bonchev–Trinajstić information content (AvgIpc) is 3.55. The van der Waals surface area contributed by atoms with Gasteiger partial charge in [-0.15, -0.1) is 0 Å². The molecule has 4 aromatic rings. The van der Waals surface area contributed by atoms with Gasteiger partial charge >= 0.3 is 6.01 Å². The largest absolute Gasteiger partial charge is 0.508 e. The van der Waals surface area contributed by atoms with Crippen molar-refractivity contribution in [3.8, 4) is 22.9 Å². The van der Waals surface area contributed by atoms with Crippen LogP contribution in [0.1, 0.15) is 44.6 Å². The highest BCUT2D eigenvalue weighted by Gasteiger charge is 2.49. The Morgan fingerprint density at radius 2 is 1.83 bits per heavy atom. The number of aliphatic hydroxyl groups is 1. The van der Waals surface area contributed by atoms with Crippen LogP contribution in [0.3, 0.4) is 0 Å². The number of anilines is 1. The average molecular weight is 661 g/mol. The van der Waals surface area contributed by atoms with Crippen LogP contribution in [0.15, 0.2) is 30.3 Å². The van der Waals surface area contributed by atoms with E-state index in [1.54, 1.807) is 6.92 Å². The highest BCUT2D eigenvalue weighted by atomic mass is 19.3. The molecule has 0 spiro atoms. The van der Waals surface area contributed by atoms with E-state index in [1.807, 2.05) is 4.90 Å². The number of β-amino-alcohol motifs (C(OH)–C–C–N with tert-alkyl or cyclic N) is 1. The number of alkyl halides is 3. The number of benzene rings is 3. The summed E-state index contributed by atoms with van der Waals surface area (Å²) in [5, 5.41) is 21.6. The van der Waals surface area contributed by atoms with Crippen LogP contribution in [0.5, 0.6) is 11.8 Å². The van der Waals surface area contributed by atoms with Crippen molar-refractivity contribution in [3.63, 3.8) is 0 Å². The van der Waals surface area contributed by atoms with E-state index in [0.29, 0.717) is 18.4 Å². The molecule has 13 heteroatoms. The normalized spacial score (nSPS) is 25.0. The molecule has 4 heterocycles. The number of ether oxygens (including phenoxy) is 1. The number of fused-ring (bicyclic) bond motifs is 3. The van der Waals surface area contributed by atoms with E-state index < -0.39 is 58.8 Å². The molecule has 7 nitrogen and oxygen atoms in total. The van der Waals surface area contributed by atoms with E-state index in [9.17, 15) is 27.8 Å². The zero-order chi connectivity index (χ0) is 33.2. The zero-order valence-corrected chi connectivity index (χ0v) is 25.7. The zero-order valence-electron chi connectivity index (χ0n) is 25.7. The Balaban J connectivity index is 1.41. The summed E-state index contributed by atoms with van der Waals surface area (Å²) in [6.45, 7) is 2.25. The summed E-state index contributed by atoms with van der Waals surface area (Å²) in [5.74, 6) is -3.21. The van der Waals surface area contributed by atoms with Crippen LogP contribution in [0.4, 0.5) is 32.2 Å². The standard InChI is InChI=1S/C34H34F6N4O3/c1-2-21-24(36)6-5-18-11-20(45)12-22(26(18)21)27-25(37)13-23-29(28(27)38)41-32(47-17-33-7-3-10-44(33)15-19(35)14-33)42-30(23)43-9-4-8-34(46,16-43)31(39)40/h5-6,11-13,19,31,45-46H,2-4,7-10,14-17H2,1H3/t19-,33+,34?/m1/s1. The Morgan fingerprint density at radius 3 is 2.60 bits per heavy atom. The first-order valence-electron chi connectivity index (χ1n) is 15.8. The van der Waals surface area contributed by atoms with Crippen molar-refractivity contribution in [1.82, 2.24) is 14.9 Å². The topological polar surface area (TPSA) is 82.0 Å². The van der Waals surface area contributed by atoms with Gasteiger partial charge in [0, 0.05) is 24.9 Å². The van der Waals surface area contributed by atoms with Crippen molar-refractivity contribution in [2.24, 2.45) is 0 Å². The summed E-state index contributed by atoms with van der Waals surface area (Å²) in [6, 6.07) is 5.82. The third-order valence-electron chi connectivity index (χ3n) is 10.1. The van der Waals surface area contributed by atoms with E-state index in [-0.39, 0.29) is 84.9 Å². The fourth-order valence-electron chi connectivity index (χ4n) is 7.83. The van der Waals surface area contributed by atoms with E-state index >= 15 is 8.78 Å². The minimum atomic E-state index is -3.08. The molecular formula is C34H34F6N4O3. The van der Waals surface area contributed by atoms with Crippen LogP contribution in [0.25, 0.3) is 32.8 Å². The molecule has 47 heavy (non-hydrogen) atoms. The van der Waals surface area contributed by atoms with Crippen LogP contribution in [0, 0.1) is 17.5 Å². The molecule has 250 valence electrons. The molecule has 2 N–H and O–H groups in total. The Morgan fingerprint density at radius 1 is 1.04 bits per heavy atom. The Hall–Kier alpha value is -3.84. The second kappa shape index (κ2) is 11.7. The first-order chi connectivity index (χ1) is 22.4. The number of hydrogen-bond donors (Lipinski definition) is 2. The molecule has 0 radical (unpaired) electrons. The molecule has 0 bridgehead atoms. The minimum absolute atomic E-state index is 0.00859. The lowest BCUT2D eigenvalue weighted by molar-refractivity contribution is -0.102. The second-order valence-electron chi connectivity index (χ2n) is 13.0. The highest BCUT2D eigenvalue weighted by Crippen LogP contribution is 2.44. The van der Waals surface area contributed by atoms with Gasteiger partial charge in [-0.3, -0.25) is 4.90 Å². The number of aromatic nitrogens is 2. The predicted octanol–water partition coefficient (Wildman–Crippen LogP) is 6.69. The van der Waals surface area contributed by atoms with Gasteiger partial charge in [-0.05, 0) is 84.8 Å². The highest BCUT2D eigenvalue weighted by molar-refractivity contribution is 6.03. The molecule has 3 saturated heterocycles. The van der Waals surface area contributed by atoms with Gasteiger partial charge in [0.15, 0.2) is 5.82 Å². The molecule has 0 aliphatic carbocycles. The predicted molar refractivity (Wildman–Crippen MR) is 164 cm³/mol. The number of halogens is 6. The number of hydrogen-bond acceptors (Lipinski definition) is 7. The Bertz CT molecular complexity index is 1880. The molecule has 1 aromatic heterocycles. The number of rotatable bonds is 7. The SMILES string of the molecule is CCc1c(F)ccc2cc(O)cc(-c3c(F)cc4c(N5CCCC(O)(C(F)F)C5)nc(OC[C@@]56CCCN5C[C@H](F)C6)nc4c3F)c12. The van der Waals surface area contributed by atoms with Crippen molar-refractivity contribution in [2.45, 2.75) is 69.2 Å². The van der Waals surface area contributed by atoms with E-state index in [4.69, 9.17) is 4.74 Å². The third-order valence-corrected chi connectivity index (χ3v) is 10.1.